The Bertz CT molecular complexity index is 657. The lowest BCUT2D eigenvalue weighted by Crippen LogP contribution is -2.15. The van der Waals surface area contributed by atoms with Crippen molar-refractivity contribution in [1.82, 2.24) is 19.6 Å². The van der Waals surface area contributed by atoms with Crippen LogP contribution in [0, 0.1) is 13.8 Å². The number of aryl methyl sites for hydroxylation is 2. The Balaban J connectivity index is 2.19. The van der Waals surface area contributed by atoms with Gasteiger partial charge in [0.1, 0.15) is 6.67 Å². The molecule has 0 fully saturated rings. The number of carbonyl (C=O) groups excluding carboxylic acids is 2. The molecule has 2 rings (SSSR count). The maximum Gasteiger partial charge on any atom is 0.358 e. The zero-order chi connectivity index (χ0) is 17.0. The minimum Gasteiger partial charge on any atom is -0.461 e. The van der Waals surface area contributed by atoms with Crippen molar-refractivity contribution in [2.24, 2.45) is 0 Å². The number of nitrogens with zero attached hydrogens (tertiary/aromatic N) is 4. The van der Waals surface area contributed by atoms with E-state index in [2.05, 4.69) is 10.2 Å². The highest BCUT2D eigenvalue weighted by atomic mass is 16.5. The SMILES string of the molecule is CCOC(=O)c1cc(C)n(Cn2nc(C(=O)OCC)cc2C)n1. The molecule has 8 nitrogen and oxygen atoms in total. The third kappa shape index (κ3) is 3.77. The second-order valence-corrected chi connectivity index (χ2v) is 4.92. The predicted molar refractivity (Wildman–Crippen MR) is 81.2 cm³/mol. The summed E-state index contributed by atoms with van der Waals surface area (Å²) in [6, 6.07) is 3.31. The molecule has 0 radical (unpaired) electrons. The second-order valence-electron chi connectivity index (χ2n) is 4.92. The third-order valence-electron chi connectivity index (χ3n) is 3.20. The molecule has 0 aliphatic carbocycles. The van der Waals surface area contributed by atoms with E-state index in [4.69, 9.17) is 9.47 Å². The molecule has 0 bridgehead atoms. The Hall–Kier alpha value is -2.64. The minimum atomic E-state index is -0.459. The Kier molecular flexibility index (Phi) is 5.15. The summed E-state index contributed by atoms with van der Waals surface area (Å²) in [5.41, 5.74) is 2.08. The van der Waals surface area contributed by atoms with Crippen molar-refractivity contribution >= 4 is 11.9 Å². The largest absolute Gasteiger partial charge is 0.461 e. The van der Waals surface area contributed by atoms with Crippen molar-refractivity contribution in [3.63, 3.8) is 0 Å². The zero-order valence-electron chi connectivity index (χ0n) is 13.7. The summed E-state index contributed by atoms with van der Waals surface area (Å²) in [5, 5.41) is 8.44. The summed E-state index contributed by atoms with van der Waals surface area (Å²) in [7, 11) is 0. The van der Waals surface area contributed by atoms with Gasteiger partial charge in [0.15, 0.2) is 11.4 Å². The molecule has 2 aromatic heterocycles. The van der Waals surface area contributed by atoms with Gasteiger partial charge in [0.25, 0.3) is 0 Å². The quantitative estimate of drug-likeness (QED) is 0.750. The van der Waals surface area contributed by atoms with E-state index in [1.165, 1.54) is 0 Å². The number of esters is 2. The Morgan fingerprint density at radius 1 is 0.913 bits per heavy atom. The summed E-state index contributed by atoms with van der Waals surface area (Å²) >= 11 is 0. The third-order valence-corrected chi connectivity index (χ3v) is 3.20. The van der Waals surface area contributed by atoms with Gasteiger partial charge in [0, 0.05) is 11.4 Å². The molecule has 0 aromatic carbocycles. The van der Waals surface area contributed by atoms with Crippen molar-refractivity contribution in [1.29, 1.82) is 0 Å². The first-order chi connectivity index (χ1) is 11.0. The number of ether oxygens (including phenoxy) is 2. The van der Waals surface area contributed by atoms with E-state index in [1.807, 2.05) is 13.8 Å². The lowest BCUT2D eigenvalue weighted by atomic mass is 10.4. The van der Waals surface area contributed by atoms with Gasteiger partial charge >= 0.3 is 11.9 Å². The van der Waals surface area contributed by atoms with E-state index in [9.17, 15) is 9.59 Å². The molecule has 2 heterocycles. The van der Waals surface area contributed by atoms with Crippen molar-refractivity contribution in [2.75, 3.05) is 13.2 Å². The second kappa shape index (κ2) is 7.08. The highest BCUT2D eigenvalue weighted by molar-refractivity contribution is 5.87. The van der Waals surface area contributed by atoms with Gasteiger partial charge in [-0.1, -0.05) is 0 Å². The van der Waals surface area contributed by atoms with Crippen molar-refractivity contribution in [2.45, 2.75) is 34.4 Å². The maximum absolute atomic E-state index is 11.7. The monoisotopic (exact) mass is 320 g/mol. The smallest absolute Gasteiger partial charge is 0.358 e. The van der Waals surface area contributed by atoms with Crippen LogP contribution in [0.25, 0.3) is 0 Å². The van der Waals surface area contributed by atoms with Crippen LogP contribution in [-0.4, -0.2) is 44.7 Å². The fourth-order valence-corrected chi connectivity index (χ4v) is 2.04. The lowest BCUT2D eigenvalue weighted by molar-refractivity contribution is 0.0510. The van der Waals surface area contributed by atoms with E-state index < -0.39 is 11.9 Å². The van der Waals surface area contributed by atoms with E-state index in [1.54, 1.807) is 35.3 Å². The predicted octanol–water partition coefficient (Wildman–Crippen LogP) is 1.56. The first kappa shape index (κ1) is 16.7. The van der Waals surface area contributed by atoms with Crippen molar-refractivity contribution < 1.29 is 19.1 Å². The molecule has 2 aromatic rings. The molecule has 0 aliphatic rings. The lowest BCUT2D eigenvalue weighted by Gasteiger charge is -2.06. The molecule has 23 heavy (non-hydrogen) atoms. The van der Waals surface area contributed by atoms with Crippen LogP contribution in [0.1, 0.15) is 46.2 Å². The summed E-state index contributed by atoms with van der Waals surface area (Å²) in [6.07, 6.45) is 0. The van der Waals surface area contributed by atoms with Crippen LogP contribution in [0.3, 0.4) is 0 Å². The average Bonchev–Trinajstić information content (AvgIpc) is 3.04. The van der Waals surface area contributed by atoms with E-state index in [-0.39, 0.29) is 18.1 Å². The van der Waals surface area contributed by atoms with Gasteiger partial charge in [0.05, 0.1) is 13.2 Å². The van der Waals surface area contributed by atoms with Crippen LogP contribution in [0.2, 0.25) is 0 Å². The Morgan fingerprint density at radius 3 is 1.65 bits per heavy atom. The van der Waals surface area contributed by atoms with Gasteiger partial charge in [-0.25, -0.2) is 19.0 Å². The number of hydrogen-bond acceptors (Lipinski definition) is 6. The van der Waals surface area contributed by atoms with Gasteiger partial charge in [-0.3, -0.25) is 0 Å². The zero-order valence-corrected chi connectivity index (χ0v) is 13.7. The molecule has 0 N–H and O–H groups in total. The number of hydrogen-bond donors (Lipinski definition) is 0. The maximum atomic E-state index is 11.7. The summed E-state index contributed by atoms with van der Waals surface area (Å²) in [4.78, 5) is 23.4. The van der Waals surface area contributed by atoms with Gasteiger partial charge in [-0.2, -0.15) is 10.2 Å². The molecule has 0 unspecified atom stereocenters. The first-order valence-electron chi connectivity index (χ1n) is 7.39. The fraction of sp³-hybridized carbons (Fsp3) is 0.467. The van der Waals surface area contributed by atoms with Crippen molar-refractivity contribution in [3.05, 3.63) is 34.9 Å². The molecule has 0 aliphatic heterocycles. The average molecular weight is 320 g/mol. The molecule has 0 atom stereocenters. The normalized spacial score (nSPS) is 10.6. The van der Waals surface area contributed by atoms with Crippen LogP contribution in [0.5, 0.6) is 0 Å². The van der Waals surface area contributed by atoms with Gasteiger partial charge < -0.3 is 9.47 Å². The summed E-state index contributed by atoms with van der Waals surface area (Å²) in [5.74, 6) is -0.919. The van der Waals surface area contributed by atoms with Crippen LogP contribution in [0.4, 0.5) is 0 Å². The molecule has 0 saturated heterocycles. The Labute approximate surface area is 134 Å². The van der Waals surface area contributed by atoms with E-state index in [0.29, 0.717) is 13.2 Å². The molecule has 8 heteroatoms. The van der Waals surface area contributed by atoms with Gasteiger partial charge in [0.2, 0.25) is 0 Å². The number of aromatic nitrogens is 4. The standard InChI is InChI=1S/C15H20N4O4/c1-5-22-14(20)12-7-10(3)18(16-12)9-19-11(4)8-13(17-19)15(21)23-6-2/h7-8H,5-6,9H2,1-4H3. The molecular formula is C15H20N4O4. The molecule has 0 spiro atoms. The summed E-state index contributed by atoms with van der Waals surface area (Å²) < 4.78 is 13.1. The van der Waals surface area contributed by atoms with Crippen LogP contribution >= 0.6 is 0 Å². The van der Waals surface area contributed by atoms with Crippen LogP contribution in [-0.2, 0) is 16.1 Å². The molecular weight excluding hydrogens is 300 g/mol. The number of rotatable bonds is 6. The highest BCUT2D eigenvalue weighted by Crippen LogP contribution is 2.09. The van der Waals surface area contributed by atoms with Gasteiger partial charge in [-0.15, -0.1) is 0 Å². The van der Waals surface area contributed by atoms with Crippen molar-refractivity contribution in [3.8, 4) is 0 Å². The van der Waals surface area contributed by atoms with E-state index in [0.717, 1.165) is 11.4 Å². The van der Waals surface area contributed by atoms with Gasteiger partial charge in [-0.05, 0) is 39.8 Å². The first-order valence-corrected chi connectivity index (χ1v) is 7.39. The summed E-state index contributed by atoms with van der Waals surface area (Å²) in [6.45, 7) is 8.04. The fourth-order valence-electron chi connectivity index (χ4n) is 2.04. The molecule has 0 amide bonds. The van der Waals surface area contributed by atoms with Crippen LogP contribution in [0.15, 0.2) is 12.1 Å². The molecule has 124 valence electrons. The van der Waals surface area contributed by atoms with Crippen LogP contribution < -0.4 is 0 Å². The minimum absolute atomic E-state index is 0.250. The number of carbonyl (C=O) groups is 2. The van der Waals surface area contributed by atoms with E-state index >= 15 is 0 Å². The topological polar surface area (TPSA) is 88.2 Å². The molecule has 0 saturated carbocycles. The Morgan fingerprint density at radius 2 is 1.30 bits per heavy atom. The highest BCUT2D eigenvalue weighted by Gasteiger charge is 2.16.